The van der Waals surface area contributed by atoms with Gasteiger partial charge in [0.2, 0.25) is 5.60 Å². The van der Waals surface area contributed by atoms with Gasteiger partial charge in [-0.3, -0.25) is 4.79 Å². The summed E-state index contributed by atoms with van der Waals surface area (Å²) in [6.07, 6.45) is 5.62. The predicted molar refractivity (Wildman–Crippen MR) is 82.5 cm³/mol. The van der Waals surface area contributed by atoms with Crippen molar-refractivity contribution >= 4 is 17.7 Å². The molecule has 6 heteroatoms. The molecule has 0 saturated heterocycles. The molecule has 0 aromatic rings. The second kappa shape index (κ2) is 6.77. The first-order valence-electron chi connectivity index (χ1n) is 7.07. The minimum absolute atomic E-state index is 0.139. The zero-order chi connectivity index (χ0) is 17.0. The van der Waals surface area contributed by atoms with Gasteiger partial charge in [0.05, 0.1) is 12.1 Å². The summed E-state index contributed by atoms with van der Waals surface area (Å²) in [5.41, 5.74) is -0.806. The van der Waals surface area contributed by atoms with E-state index in [-0.39, 0.29) is 6.42 Å². The number of ether oxygens (including phenoxy) is 1. The Morgan fingerprint density at radius 1 is 1.27 bits per heavy atom. The molecular formula is C16H23NO5. The third-order valence-corrected chi connectivity index (χ3v) is 2.73. The molecule has 1 aliphatic carbocycles. The van der Waals surface area contributed by atoms with E-state index in [1.165, 1.54) is 0 Å². The van der Waals surface area contributed by atoms with Crippen LogP contribution in [0.25, 0.3) is 0 Å². The van der Waals surface area contributed by atoms with Gasteiger partial charge in [0.15, 0.2) is 0 Å². The van der Waals surface area contributed by atoms with Crippen LogP contribution >= 0.6 is 0 Å². The number of hydrogen-bond acceptors (Lipinski definition) is 5. The minimum Gasteiger partial charge on any atom is -0.481 e. The molecule has 0 fully saturated rings. The fourth-order valence-electron chi connectivity index (χ4n) is 1.62. The molecule has 0 aromatic carbocycles. The van der Waals surface area contributed by atoms with Gasteiger partial charge in [-0.2, -0.15) is 0 Å². The summed E-state index contributed by atoms with van der Waals surface area (Å²) < 4.78 is 5.28. The van der Waals surface area contributed by atoms with Crippen LogP contribution in [-0.4, -0.2) is 34.0 Å². The molecule has 0 radical (unpaired) electrons. The molecule has 0 heterocycles. The summed E-state index contributed by atoms with van der Waals surface area (Å²) in [4.78, 5) is 28.3. The second-order valence-corrected chi connectivity index (χ2v) is 6.54. The Bertz CT molecular complexity index is 535. The van der Waals surface area contributed by atoms with Crippen molar-refractivity contribution in [1.29, 1.82) is 0 Å². The lowest BCUT2D eigenvalue weighted by atomic mass is 10.00. The van der Waals surface area contributed by atoms with Gasteiger partial charge < -0.3 is 14.7 Å². The third kappa shape index (κ3) is 5.71. The maximum atomic E-state index is 12.1. The van der Waals surface area contributed by atoms with E-state index < -0.39 is 23.1 Å². The SMILES string of the molecule is CC(C)(C)OC(=O)C(C)(C)ON=C1CC=CC=C1CC(=O)O. The molecule has 0 bridgehead atoms. The molecule has 0 aliphatic heterocycles. The van der Waals surface area contributed by atoms with Crippen LogP contribution in [0.3, 0.4) is 0 Å². The van der Waals surface area contributed by atoms with Crippen molar-refractivity contribution < 1.29 is 24.3 Å². The molecule has 0 saturated carbocycles. The van der Waals surface area contributed by atoms with Crippen molar-refractivity contribution in [2.45, 2.75) is 58.7 Å². The second-order valence-electron chi connectivity index (χ2n) is 6.54. The normalized spacial score (nSPS) is 17.1. The summed E-state index contributed by atoms with van der Waals surface area (Å²) >= 11 is 0. The highest BCUT2D eigenvalue weighted by Crippen LogP contribution is 2.20. The standard InChI is InChI=1S/C16H23NO5/c1-15(2,3)21-14(20)16(4,5)22-17-12-9-7-6-8-11(12)10-13(18)19/h6-8H,9-10H2,1-5H3,(H,18,19). The number of carbonyl (C=O) groups excluding carboxylic acids is 1. The van der Waals surface area contributed by atoms with Gasteiger partial charge in [0, 0.05) is 6.42 Å². The van der Waals surface area contributed by atoms with Gasteiger partial charge in [0.1, 0.15) is 5.60 Å². The van der Waals surface area contributed by atoms with Crippen LogP contribution in [0.4, 0.5) is 0 Å². The first-order chi connectivity index (χ1) is 10.0. The lowest BCUT2D eigenvalue weighted by Crippen LogP contribution is -2.40. The number of carboxylic acid groups (broad SMARTS) is 1. The summed E-state index contributed by atoms with van der Waals surface area (Å²) in [6, 6.07) is 0. The first kappa shape index (κ1) is 17.9. The molecule has 1 N–H and O–H groups in total. The van der Waals surface area contributed by atoms with E-state index in [9.17, 15) is 9.59 Å². The largest absolute Gasteiger partial charge is 0.481 e. The Morgan fingerprint density at radius 2 is 1.91 bits per heavy atom. The highest BCUT2D eigenvalue weighted by atomic mass is 16.7. The molecular weight excluding hydrogens is 286 g/mol. The molecule has 122 valence electrons. The van der Waals surface area contributed by atoms with Crippen molar-refractivity contribution in [2.75, 3.05) is 0 Å². The number of carbonyl (C=O) groups is 2. The molecule has 1 rings (SSSR count). The smallest absolute Gasteiger partial charge is 0.353 e. The van der Waals surface area contributed by atoms with Crippen LogP contribution in [-0.2, 0) is 19.2 Å². The molecule has 0 atom stereocenters. The van der Waals surface area contributed by atoms with Crippen LogP contribution in [0.5, 0.6) is 0 Å². The average Bonchev–Trinajstić information content (AvgIpc) is 2.35. The third-order valence-electron chi connectivity index (χ3n) is 2.73. The zero-order valence-corrected chi connectivity index (χ0v) is 13.7. The summed E-state index contributed by atoms with van der Waals surface area (Å²) in [5.74, 6) is -1.47. The topological polar surface area (TPSA) is 85.2 Å². The lowest BCUT2D eigenvalue weighted by molar-refractivity contribution is -0.179. The molecule has 0 aromatic heterocycles. The van der Waals surface area contributed by atoms with Gasteiger partial charge in [0.25, 0.3) is 0 Å². The van der Waals surface area contributed by atoms with Crippen LogP contribution in [0.15, 0.2) is 29.0 Å². The Labute approximate surface area is 130 Å². The van der Waals surface area contributed by atoms with Crippen molar-refractivity contribution in [2.24, 2.45) is 5.16 Å². The van der Waals surface area contributed by atoms with E-state index in [4.69, 9.17) is 14.7 Å². The quantitative estimate of drug-likeness (QED) is 0.623. The van der Waals surface area contributed by atoms with E-state index in [1.54, 1.807) is 46.8 Å². The molecule has 1 aliphatic rings. The molecule has 0 amide bonds. The van der Waals surface area contributed by atoms with Crippen LogP contribution in [0, 0.1) is 0 Å². The number of allylic oxidation sites excluding steroid dienone is 3. The molecule has 6 nitrogen and oxygen atoms in total. The van der Waals surface area contributed by atoms with Crippen LogP contribution in [0.1, 0.15) is 47.5 Å². The number of nitrogens with zero attached hydrogens (tertiary/aromatic N) is 1. The van der Waals surface area contributed by atoms with Crippen molar-refractivity contribution in [1.82, 2.24) is 0 Å². The van der Waals surface area contributed by atoms with E-state index >= 15 is 0 Å². The molecule has 22 heavy (non-hydrogen) atoms. The first-order valence-corrected chi connectivity index (χ1v) is 7.07. The number of oxime groups is 1. The van der Waals surface area contributed by atoms with Crippen molar-refractivity contribution in [3.8, 4) is 0 Å². The minimum atomic E-state index is -1.25. The highest BCUT2D eigenvalue weighted by Gasteiger charge is 2.35. The van der Waals surface area contributed by atoms with Gasteiger partial charge in [-0.05, 0) is 40.2 Å². The summed E-state index contributed by atoms with van der Waals surface area (Å²) in [5, 5.41) is 12.9. The number of esters is 1. The van der Waals surface area contributed by atoms with Gasteiger partial charge in [-0.15, -0.1) is 0 Å². The maximum absolute atomic E-state index is 12.1. The number of rotatable bonds is 5. The maximum Gasteiger partial charge on any atom is 0.353 e. The monoisotopic (exact) mass is 309 g/mol. The van der Waals surface area contributed by atoms with Gasteiger partial charge in [-0.1, -0.05) is 23.4 Å². The Hall–Kier alpha value is -2.11. The average molecular weight is 309 g/mol. The molecule has 0 spiro atoms. The highest BCUT2D eigenvalue weighted by molar-refractivity contribution is 6.04. The van der Waals surface area contributed by atoms with E-state index in [0.29, 0.717) is 17.7 Å². The molecule has 0 unspecified atom stereocenters. The van der Waals surface area contributed by atoms with E-state index in [0.717, 1.165) is 0 Å². The Kier molecular flexibility index (Phi) is 5.52. The van der Waals surface area contributed by atoms with Gasteiger partial charge in [-0.25, -0.2) is 4.79 Å². The summed E-state index contributed by atoms with van der Waals surface area (Å²) in [7, 11) is 0. The number of hydrogen-bond donors (Lipinski definition) is 1. The lowest BCUT2D eigenvalue weighted by Gasteiger charge is -2.27. The Balaban J connectivity index is 2.80. The number of aliphatic carboxylic acids is 1. The van der Waals surface area contributed by atoms with Crippen LogP contribution < -0.4 is 0 Å². The van der Waals surface area contributed by atoms with Crippen molar-refractivity contribution in [3.05, 3.63) is 23.8 Å². The Morgan fingerprint density at radius 3 is 2.45 bits per heavy atom. The number of carboxylic acids is 1. The van der Waals surface area contributed by atoms with E-state index in [2.05, 4.69) is 5.16 Å². The zero-order valence-electron chi connectivity index (χ0n) is 13.7. The van der Waals surface area contributed by atoms with Gasteiger partial charge >= 0.3 is 11.9 Å². The fraction of sp³-hybridized carbons (Fsp3) is 0.562. The van der Waals surface area contributed by atoms with Crippen LogP contribution in [0.2, 0.25) is 0 Å². The summed E-state index contributed by atoms with van der Waals surface area (Å²) in [6.45, 7) is 8.43. The predicted octanol–water partition coefficient (Wildman–Crippen LogP) is 2.84. The van der Waals surface area contributed by atoms with E-state index in [1.807, 2.05) is 6.08 Å². The van der Waals surface area contributed by atoms with Crippen molar-refractivity contribution in [3.63, 3.8) is 0 Å². The fourth-order valence-corrected chi connectivity index (χ4v) is 1.62.